The lowest BCUT2D eigenvalue weighted by Gasteiger charge is -2.07. The summed E-state index contributed by atoms with van der Waals surface area (Å²) in [6.45, 7) is 5.48. The maximum absolute atomic E-state index is 13.2. The molecule has 1 amide bonds. The molecule has 0 saturated carbocycles. The summed E-state index contributed by atoms with van der Waals surface area (Å²) < 4.78 is 16.5. The fourth-order valence-corrected chi connectivity index (χ4v) is 3.37. The molecule has 4 rings (SSSR count). The molecule has 0 radical (unpaired) electrons. The van der Waals surface area contributed by atoms with E-state index in [1.807, 2.05) is 27.0 Å². The van der Waals surface area contributed by atoms with E-state index in [0.29, 0.717) is 28.3 Å². The predicted octanol–water partition coefficient (Wildman–Crippen LogP) is 3.47. The van der Waals surface area contributed by atoms with Gasteiger partial charge in [-0.1, -0.05) is 0 Å². The number of fused-ring (bicyclic) bond motifs is 1. The lowest BCUT2D eigenvalue weighted by atomic mass is 10.1. The zero-order chi connectivity index (χ0) is 20.0. The molecule has 0 unspecified atom stereocenters. The van der Waals surface area contributed by atoms with Gasteiger partial charge in [-0.05, 0) is 51.1 Å². The molecular weight excluding hydrogens is 359 g/mol. The fourth-order valence-electron chi connectivity index (χ4n) is 3.37. The largest absolute Gasteiger partial charge is 0.320 e. The number of hydrogen-bond acceptors (Lipinski definition) is 4. The molecule has 142 valence electrons. The van der Waals surface area contributed by atoms with Crippen molar-refractivity contribution in [3.63, 3.8) is 0 Å². The van der Waals surface area contributed by atoms with Crippen LogP contribution >= 0.6 is 0 Å². The van der Waals surface area contributed by atoms with Crippen LogP contribution in [0.3, 0.4) is 0 Å². The number of rotatable bonds is 3. The van der Waals surface area contributed by atoms with Gasteiger partial charge in [0.05, 0.1) is 40.2 Å². The van der Waals surface area contributed by atoms with Crippen LogP contribution in [0, 0.1) is 26.6 Å². The number of halogens is 1. The SMILES string of the molecule is Cc1nn(-c2ccc(F)cc2)c(C)c1C(=O)Nc1cnc2c(c1)c(C)nn2C. The second-order valence-electron chi connectivity index (χ2n) is 6.69. The number of carbonyl (C=O) groups excluding carboxylic acids is 1. The van der Waals surface area contributed by atoms with Gasteiger partial charge < -0.3 is 5.32 Å². The maximum Gasteiger partial charge on any atom is 0.259 e. The van der Waals surface area contributed by atoms with Gasteiger partial charge in [-0.15, -0.1) is 0 Å². The van der Waals surface area contributed by atoms with Crippen LogP contribution in [0.2, 0.25) is 0 Å². The van der Waals surface area contributed by atoms with Crippen LogP contribution < -0.4 is 5.32 Å². The lowest BCUT2D eigenvalue weighted by Crippen LogP contribution is -2.14. The van der Waals surface area contributed by atoms with Crippen molar-refractivity contribution in [1.29, 1.82) is 0 Å². The third-order valence-electron chi connectivity index (χ3n) is 4.71. The van der Waals surface area contributed by atoms with Crippen molar-refractivity contribution in [2.45, 2.75) is 20.8 Å². The molecule has 0 fully saturated rings. The number of hydrogen-bond donors (Lipinski definition) is 1. The van der Waals surface area contributed by atoms with E-state index in [-0.39, 0.29) is 11.7 Å². The number of amides is 1. The standard InChI is InChI=1S/C20H19FN6O/c1-11-17-9-15(10-22-19(17)26(4)24-11)23-20(28)18-12(2)25-27(13(18)3)16-7-5-14(21)6-8-16/h5-10H,1-4H3,(H,23,28). The van der Waals surface area contributed by atoms with Crippen molar-refractivity contribution in [1.82, 2.24) is 24.5 Å². The van der Waals surface area contributed by atoms with E-state index in [1.54, 1.807) is 34.6 Å². The Morgan fingerprint density at radius 3 is 2.50 bits per heavy atom. The molecule has 28 heavy (non-hydrogen) atoms. The summed E-state index contributed by atoms with van der Waals surface area (Å²) >= 11 is 0. The molecule has 0 atom stereocenters. The molecule has 7 nitrogen and oxygen atoms in total. The molecule has 0 aliphatic rings. The zero-order valence-corrected chi connectivity index (χ0v) is 16.0. The van der Waals surface area contributed by atoms with Gasteiger partial charge >= 0.3 is 0 Å². The molecule has 3 heterocycles. The number of nitrogens with zero attached hydrogens (tertiary/aromatic N) is 5. The van der Waals surface area contributed by atoms with Crippen LogP contribution in [-0.4, -0.2) is 30.5 Å². The summed E-state index contributed by atoms with van der Waals surface area (Å²) in [5.74, 6) is -0.595. The number of anilines is 1. The van der Waals surface area contributed by atoms with E-state index in [0.717, 1.165) is 16.7 Å². The second kappa shape index (κ2) is 6.56. The Morgan fingerprint density at radius 1 is 1.07 bits per heavy atom. The van der Waals surface area contributed by atoms with Gasteiger partial charge in [0.2, 0.25) is 0 Å². The summed E-state index contributed by atoms with van der Waals surface area (Å²) in [5.41, 5.74) is 4.62. The highest BCUT2D eigenvalue weighted by Gasteiger charge is 2.20. The Hall–Kier alpha value is -3.55. The normalized spacial score (nSPS) is 11.2. The van der Waals surface area contributed by atoms with Crippen LogP contribution in [0.1, 0.15) is 27.4 Å². The van der Waals surface area contributed by atoms with Gasteiger partial charge in [-0.3, -0.25) is 9.48 Å². The molecule has 1 N–H and O–H groups in total. The number of aryl methyl sites for hydroxylation is 3. The summed E-state index contributed by atoms with van der Waals surface area (Å²) in [4.78, 5) is 17.3. The van der Waals surface area contributed by atoms with Gasteiger partial charge in [0.25, 0.3) is 5.91 Å². The zero-order valence-electron chi connectivity index (χ0n) is 16.0. The van der Waals surface area contributed by atoms with E-state index >= 15 is 0 Å². The highest BCUT2D eigenvalue weighted by molar-refractivity contribution is 6.06. The smallest absolute Gasteiger partial charge is 0.259 e. The number of aromatic nitrogens is 5. The quantitative estimate of drug-likeness (QED) is 0.592. The summed E-state index contributed by atoms with van der Waals surface area (Å²) in [6.07, 6.45) is 1.61. The van der Waals surface area contributed by atoms with Crippen LogP contribution in [0.25, 0.3) is 16.7 Å². The monoisotopic (exact) mass is 378 g/mol. The van der Waals surface area contributed by atoms with Gasteiger partial charge in [-0.2, -0.15) is 10.2 Å². The van der Waals surface area contributed by atoms with Crippen molar-refractivity contribution in [3.05, 3.63) is 65.0 Å². The molecule has 8 heteroatoms. The number of pyridine rings is 1. The number of benzene rings is 1. The highest BCUT2D eigenvalue weighted by Crippen LogP contribution is 2.22. The van der Waals surface area contributed by atoms with Crippen molar-refractivity contribution in [2.75, 3.05) is 5.32 Å². The number of carbonyl (C=O) groups is 1. The minimum Gasteiger partial charge on any atom is -0.320 e. The van der Waals surface area contributed by atoms with E-state index in [4.69, 9.17) is 0 Å². The van der Waals surface area contributed by atoms with E-state index in [2.05, 4.69) is 20.5 Å². The molecule has 4 aromatic rings. The van der Waals surface area contributed by atoms with Crippen molar-refractivity contribution in [2.24, 2.45) is 7.05 Å². The maximum atomic E-state index is 13.2. The molecule has 0 aliphatic heterocycles. The summed E-state index contributed by atoms with van der Waals surface area (Å²) in [7, 11) is 1.83. The Labute approximate surface area is 160 Å². The van der Waals surface area contributed by atoms with Crippen LogP contribution in [0.15, 0.2) is 36.5 Å². The van der Waals surface area contributed by atoms with Crippen molar-refractivity contribution >= 4 is 22.6 Å². The van der Waals surface area contributed by atoms with E-state index in [1.165, 1.54) is 12.1 Å². The average Bonchev–Trinajstić information content (AvgIpc) is 3.11. The van der Waals surface area contributed by atoms with Crippen LogP contribution in [0.4, 0.5) is 10.1 Å². The second-order valence-corrected chi connectivity index (χ2v) is 6.69. The Bertz CT molecular complexity index is 1210. The first-order valence-electron chi connectivity index (χ1n) is 8.78. The molecule has 0 aliphatic carbocycles. The summed E-state index contributed by atoms with van der Waals surface area (Å²) in [6, 6.07) is 7.84. The Balaban J connectivity index is 1.67. The minimum atomic E-state index is -0.322. The molecule has 0 spiro atoms. The Kier molecular flexibility index (Phi) is 4.18. The number of nitrogens with one attached hydrogen (secondary N) is 1. The molecular formula is C20H19FN6O. The fraction of sp³-hybridized carbons (Fsp3) is 0.200. The van der Waals surface area contributed by atoms with Gasteiger partial charge in [0, 0.05) is 12.4 Å². The van der Waals surface area contributed by atoms with Crippen molar-refractivity contribution in [3.8, 4) is 5.69 Å². The molecule has 0 saturated heterocycles. The minimum absolute atomic E-state index is 0.272. The van der Waals surface area contributed by atoms with Crippen molar-refractivity contribution < 1.29 is 9.18 Å². The van der Waals surface area contributed by atoms with Gasteiger partial charge in [0.15, 0.2) is 5.65 Å². The average molecular weight is 378 g/mol. The highest BCUT2D eigenvalue weighted by atomic mass is 19.1. The third kappa shape index (κ3) is 2.92. The molecule has 1 aromatic carbocycles. The third-order valence-corrected chi connectivity index (χ3v) is 4.71. The topological polar surface area (TPSA) is 77.6 Å². The van der Waals surface area contributed by atoms with E-state index < -0.39 is 0 Å². The van der Waals surface area contributed by atoms with Crippen LogP contribution in [0.5, 0.6) is 0 Å². The first-order chi connectivity index (χ1) is 13.3. The van der Waals surface area contributed by atoms with Gasteiger partial charge in [0.1, 0.15) is 5.82 Å². The molecule has 3 aromatic heterocycles. The molecule has 0 bridgehead atoms. The first kappa shape index (κ1) is 17.8. The predicted molar refractivity (Wildman–Crippen MR) is 104 cm³/mol. The lowest BCUT2D eigenvalue weighted by molar-refractivity contribution is 0.102. The summed E-state index contributed by atoms with van der Waals surface area (Å²) in [5, 5.41) is 12.6. The first-order valence-corrected chi connectivity index (χ1v) is 8.78. The van der Waals surface area contributed by atoms with Gasteiger partial charge in [-0.25, -0.2) is 14.1 Å². The van der Waals surface area contributed by atoms with Crippen LogP contribution in [-0.2, 0) is 7.05 Å². The Morgan fingerprint density at radius 2 is 1.79 bits per heavy atom. The van der Waals surface area contributed by atoms with E-state index in [9.17, 15) is 9.18 Å².